The highest BCUT2D eigenvalue weighted by Crippen LogP contribution is 2.49. The second-order valence-electron chi connectivity index (χ2n) is 4.97. The molecule has 1 aliphatic rings. The van der Waals surface area contributed by atoms with Crippen molar-refractivity contribution < 1.29 is 14.3 Å². The van der Waals surface area contributed by atoms with Crippen molar-refractivity contribution in [1.29, 1.82) is 0 Å². The molecule has 0 amide bonds. The van der Waals surface area contributed by atoms with Crippen LogP contribution in [0.4, 0.5) is 4.39 Å². The maximum Gasteiger partial charge on any atom is 0.314 e. The van der Waals surface area contributed by atoms with Gasteiger partial charge < -0.3 is 5.11 Å². The monoisotopic (exact) mass is 256 g/mol. The van der Waals surface area contributed by atoms with Crippen LogP contribution in [0.2, 0.25) is 0 Å². The van der Waals surface area contributed by atoms with E-state index in [2.05, 4.69) is 0 Å². The number of aliphatic carboxylic acids is 1. The van der Waals surface area contributed by atoms with Crippen molar-refractivity contribution >= 4 is 5.97 Å². The number of hydrogen-bond donors (Lipinski definition) is 1. The lowest BCUT2D eigenvalue weighted by molar-refractivity contribution is -0.140. The molecular formula is C16H13FO2. The highest BCUT2D eigenvalue weighted by atomic mass is 19.1. The van der Waals surface area contributed by atoms with E-state index in [-0.39, 0.29) is 5.82 Å². The molecule has 3 heteroatoms. The van der Waals surface area contributed by atoms with Crippen LogP contribution < -0.4 is 0 Å². The third kappa shape index (κ3) is 2.01. The fourth-order valence-corrected chi connectivity index (χ4v) is 2.39. The molecule has 0 heterocycles. The summed E-state index contributed by atoms with van der Waals surface area (Å²) < 4.78 is 12.9. The first-order valence-corrected chi connectivity index (χ1v) is 6.22. The number of carboxylic acids is 1. The summed E-state index contributed by atoms with van der Waals surface area (Å²) in [4.78, 5) is 11.3. The second-order valence-corrected chi connectivity index (χ2v) is 4.97. The van der Waals surface area contributed by atoms with E-state index in [0.29, 0.717) is 12.8 Å². The molecule has 0 spiro atoms. The summed E-state index contributed by atoms with van der Waals surface area (Å²) in [6, 6.07) is 13.7. The molecule has 1 fully saturated rings. The van der Waals surface area contributed by atoms with E-state index >= 15 is 0 Å². The van der Waals surface area contributed by atoms with Gasteiger partial charge in [-0.1, -0.05) is 36.4 Å². The Kier molecular flexibility index (Phi) is 2.63. The zero-order chi connectivity index (χ0) is 13.5. The Bertz CT molecular complexity index is 627. The Morgan fingerprint density at radius 3 is 2.32 bits per heavy atom. The summed E-state index contributed by atoms with van der Waals surface area (Å²) in [6.07, 6.45) is 1.38. The van der Waals surface area contributed by atoms with Crippen molar-refractivity contribution in [2.24, 2.45) is 0 Å². The molecule has 0 saturated heterocycles. The van der Waals surface area contributed by atoms with Gasteiger partial charge in [0.05, 0.1) is 5.41 Å². The van der Waals surface area contributed by atoms with E-state index in [4.69, 9.17) is 0 Å². The van der Waals surface area contributed by atoms with Crippen LogP contribution in [-0.2, 0) is 10.2 Å². The van der Waals surface area contributed by atoms with Gasteiger partial charge in [-0.15, -0.1) is 0 Å². The van der Waals surface area contributed by atoms with Gasteiger partial charge in [-0.2, -0.15) is 0 Å². The molecule has 2 aromatic carbocycles. The summed E-state index contributed by atoms with van der Waals surface area (Å²) in [7, 11) is 0. The number of carboxylic acid groups (broad SMARTS) is 1. The van der Waals surface area contributed by atoms with Gasteiger partial charge in [0.2, 0.25) is 0 Å². The molecule has 3 rings (SSSR count). The number of hydrogen-bond acceptors (Lipinski definition) is 1. The minimum atomic E-state index is -0.760. The quantitative estimate of drug-likeness (QED) is 0.910. The minimum Gasteiger partial charge on any atom is -0.481 e. The normalized spacial score (nSPS) is 16.1. The van der Waals surface area contributed by atoms with Crippen molar-refractivity contribution in [3.63, 3.8) is 0 Å². The van der Waals surface area contributed by atoms with Crippen LogP contribution in [0.3, 0.4) is 0 Å². The Hall–Kier alpha value is -2.16. The van der Waals surface area contributed by atoms with E-state index < -0.39 is 11.4 Å². The molecule has 0 aliphatic heterocycles. The summed E-state index contributed by atoms with van der Waals surface area (Å²) in [6.45, 7) is 0. The molecule has 0 atom stereocenters. The standard InChI is InChI=1S/C16H13FO2/c17-14-6-4-11(5-7-14)12-2-1-3-13(10-12)16(8-9-16)15(18)19/h1-7,10H,8-9H2,(H,18,19). The Balaban J connectivity index is 2.01. The van der Waals surface area contributed by atoms with Crippen LogP contribution in [0, 0.1) is 5.82 Å². The molecule has 1 N–H and O–H groups in total. The topological polar surface area (TPSA) is 37.3 Å². The number of benzene rings is 2. The minimum absolute atomic E-state index is 0.274. The zero-order valence-corrected chi connectivity index (χ0v) is 10.3. The van der Waals surface area contributed by atoms with Gasteiger partial charge in [0.25, 0.3) is 0 Å². The lowest BCUT2D eigenvalue weighted by Gasteiger charge is -2.12. The highest BCUT2D eigenvalue weighted by Gasteiger charge is 2.51. The molecule has 2 aromatic rings. The number of carbonyl (C=O) groups is 1. The summed E-state index contributed by atoms with van der Waals surface area (Å²) >= 11 is 0. The average molecular weight is 256 g/mol. The maximum atomic E-state index is 12.9. The van der Waals surface area contributed by atoms with Gasteiger partial charge in [-0.3, -0.25) is 4.79 Å². The average Bonchev–Trinajstić information content (AvgIpc) is 3.21. The molecule has 96 valence electrons. The molecule has 1 aliphatic carbocycles. The lowest BCUT2D eigenvalue weighted by Crippen LogP contribution is -2.19. The van der Waals surface area contributed by atoms with Crippen molar-refractivity contribution in [2.45, 2.75) is 18.3 Å². The van der Waals surface area contributed by atoms with Gasteiger partial charge >= 0.3 is 5.97 Å². The van der Waals surface area contributed by atoms with Crippen LogP contribution in [0.1, 0.15) is 18.4 Å². The van der Waals surface area contributed by atoms with Gasteiger partial charge in [0, 0.05) is 0 Å². The summed E-state index contributed by atoms with van der Waals surface area (Å²) in [5.74, 6) is -1.03. The molecule has 0 bridgehead atoms. The maximum absolute atomic E-state index is 12.9. The highest BCUT2D eigenvalue weighted by molar-refractivity contribution is 5.85. The largest absolute Gasteiger partial charge is 0.481 e. The number of halogens is 1. The zero-order valence-electron chi connectivity index (χ0n) is 10.3. The first kappa shape index (κ1) is 11.9. The fraction of sp³-hybridized carbons (Fsp3) is 0.188. The summed E-state index contributed by atoms with van der Waals surface area (Å²) in [5.41, 5.74) is 1.95. The van der Waals surface area contributed by atoms with Crippen LogP contribution in [0.5, 0.6) is 0 Å². The van der Waals surface area contributed by atoms with Crippen molar-refractivity contribution in [2.75, 3.05) is 0 Å². The third-order valence-corrected chi connectivity index (χ3v) is 3.75. The van der Waals surface area contributed by atoms with Crippen LogP contribution in [0.25, 0.3) is 11.1 Å². The smallest absolute Gasteiger partial charge is 0.314 e. The molecule has 2 nitrogen and oxygen atoms in total. The SMILES string of the molecule is O=C(O)C1(c2cccc(-c3ccc(F)cc3)c2)CC1. The predicted octanol–water partition coefficient (Wildman–Crippen LogP) is 3.61. The van der Waals surface area contributed by atoms with Gasteiger partial charge in [0.15, 0.2) is 0 Å². The Morgan fingerprint density at radius 2 is 1.74 bits per heavy atom. The molecule has 0 radical (unpaired) electrons. The Morgan fingerprint density at radius 1 is 1.05 bits per heavy atom. The number of rotatable bonds is 3. The van der Waals surface area contributed by atoms with Gasteiger partial charge in [0.1, 0.15) is 5.82 Å². The third-order valence-electron chi connectivity index (χ3n) is 3.75. The fourth-order valence-electron chi connectivity index (χ4n) is 2.39. The predicted molar refractivity (Wildman–Crippen MR) is 70.4 cm³/mol. The lowest BCUT2D eigenvalue weighted by atomic mass is 9.93. The van der Waals surface area contributed by atoms with Gasteiger partial charge in [-0.25, -0.2) is 4.39 Å². The van der Waals surface area contributed by atoms with E-state index in [9.17, 15) is 14.3 Å². The second kappa shape index (κ2) is 4.19. The molecule has 19 heavy (non-hydrogen) atoms. The molecule has 1 saturated carbocycles. The van der Waals surface area contributed by atoms with Crippen molar-refractivity contribution in [1.82, 2.24) is 0 Å². The first-order valence-electron chi connectivity index (χ1n) is 6.22. The van der Waals surface area contributed by atoms with Crippen LogP contribution in [-0.4, -0.2) is 11.1 Å². The van der Waals surface area contributed by atoms with Crippen LogP contribution >= 0.6 is 0 Å². The van der Waals surface area contributed by atoms with E-state index in [0.717, 1.165) is 16.7 Å². The Labute approximate surface area is 110 Å². The van der Waals surface area contributed by atoms with E-state index in [1.54, 1.807) is 12.1 Å². The molecular weight excluding hydrogens is 243 g/mol. The molecule has 0 unspecified atom stereocenters. The molecule has 0 aromatic heterocycles. The van der Waals surface area contributed by atoms with Gasteiger partial charge in [-0.05, 0) is 41.7 Å². The van der Waals surface area contributed by atoms with E-state index in [1.165, 1.54) is 12.1 Å². The summed E-state index contributed by atoms with van der Waals surface area (Å²) in [5, 5.41) is 9.31. The first-order chi connectivity index (χ1) is 9.12. The van der Waals surface area contributed by atoms with Crippen molar-refractivity contribution in [3.8, 4) is 11.1 Å². The van der Waals surface area contributed by atoms with E-state index in [1.807, 2.05) is 24.3 Å². The van der Waals surface area contributed by atoms with Crippen molar-refractivity contribution in [3.05, 3.63) is 59.9 Å². The van der Waals surface area contributed by atoms with Crippen LogP contribution in [0.15, 0.2) is 48.5 Å².